The van der Waals surface area contributed by atoms with Gasteiger partial charge < -0.3 is 15.2 Å². The van der Waals surface area contributed by atoms with Gasteiger partial charge in [-0.05, 0) is 24.7 Å². The van der Waals surface area contributed by atoms with Gasteiger partial charge in [0.2, 0.25) is 0 Å². The normalized spacial score (nSPS) is 16.5. The minimum Gasteiger partial charge on any atom is -0.389 e. The number of nitrogens with one attached hydrogen (secondary N) is 1. The van der Waals surface area contributed by atoms with Crippen LogP contribution in [0.5, 0.6) is 0 Å². The molecule has 0 heterocycles. The lowest BCUT2D eigenvalue weighted by atomic mass is 9.88. The highest BCUT2D eigenvalue weighted by Crippen LogP contribution is 2.20. The van der Waals surface area contributed by atoms with E-state index in [1.807, 2.05) is 20.8 Å². The standard InChI is InChI=1S/C13H29NO2/c1-11(2)13(5,15)10-14-9-12(3,4)7-8-16-6/h11,14-15H,7-10H2,1-6H3. The van der Waals surface area contributed by atoms with Gasteiger partial charge in [0.05, 0.1) is 5.60 Å². The average molecular weight is 231 g/mol. The van der Waals surface area contributed by atoms with Crippen molar-refractivity contribution in [2.24, 2.45) is 11.3 Å². The summed E-state index contributed by atoms with van der Waals surface area (Å²) < 4.78 is 5.09. The first-order valence-corrected chi connectivity index (χ1v) is 6.13. The maximum atomic E-state index is 10.1. The van der Waals surface area contributed by atoms with Crippen LogP contribution in [0.4, 0.5) is 0 Å². The average Bonchev–Trinajstić information content (AvgIpc) is 2.14. The van der Waals surface area contributed by atoms with Crippen molar-refractivity contribution in [1.82, 2.24) is 5.32 Å². The Bertz CT molecular complexity index is 188. The number of rotatable bonds is 8. The molecule has 16 heavy (non-hydrogen) atoms. The predicted molar refractivity (Wildman–Crippen MR) is 68.6 cm³/mol. The molecular weight excluding hydrogens is 202 g/mol. The fourth-order valence-electron chi connectivity index (χ4n) is 1.32. The molecule has 0 amide bonds. The van der Waals surface area contributed by atoms with Gasteiger partial charge in [0.1, 0.15) is 0 Å². The summed E-state index contributed by atoms with van der Waals surface area (Å²) in [6.07, 6.45) is 1.03. The van der Waals surface area contributed by atoms with E-state index in [2.05, 4.69) is 19.2 Å². The van der Waals surface area contributed by atoms with Gasteiger partial charge in [-0.3, -0.25) is 0 Å². The molecule has 0 saturated carbocycles. The van der Waals surface area contributed by atoms with Crippen LogP contribution in [0.2, 0.25) is 0 Å². The fraction of sp³-hybridized carbons (Fsp3) is 1.00. The Morgan fingerprint density at radius 1 is 1.19 bits per heavy atom. The zero-order valence-corrected chi connectivity index (χ0v) is 11.8. The van der Waals surface area contributed by atoms with E-state index < -0.39 is 5.60 Å². The van der Waals surface area contributed by atoms with Crippen LogP contribution in [0.25, 0.3) is 0 Å². The van der Waals surface area contributed by atoms with Crippen molar-refractivity contribution < 1.29 is 9.84 Å². The Morgan fingerprint density at radius 3 is 2.19 bits per heavy atom. The van der Waals surface area contributed by atoms with Gasteiger partial charge in [-0.15, -0.1) is 0 Å². The highest BCUT2D eigenvalue weighted by Gasteiger charge is 2.25. The van der Waals surface area contributed by atoms with Crippen LogP contribution < -0.4 is 5.32 Å². The highest BCUT2D eigenvalue weighted by molar-refractivity contribution is 4.81. The third kappa shape index (κ3) is 6.46. The quantitative estimate of drug-likeness (QED) is 0.672. The molecule has 0 spiro atoms. The number of aliphatic hydroxyl groups is 1. The smallest absolute Gasteiger partial charge is 0.0766 e. The van der Waals surface area contributed by atoms with Gasteiger partial charge in [-0.2, -0.15) is 0 Å². The van der Waals surface area contributed by atoms with Gasteiger partial charge in [-0.25, -0.2) is 0 Å². The molecule has 0 aromatic heterocycles. The Hall–Kier alpha value is -0.120. The molecule has 0 aliphatic carbocycles. The van der Waals surface area contributed by atoms with E-state index in [1.54, 1.807) is 7.11 Å². The monoisotopic (exact) mass is 231 g/mol. The van der Waals surface area contributed by atoms with Crippen molar-refractivity contribution >= 4 is 0 Å². The molecule has 1 atom stereocenters. The third-order valence-electron chi connectivity index (χ3n) is 3.31. The molecule has 98 valence electrons. The predicted octanol–water partition coefficient (Wildman–Crippen LogP) is 2.05. The van der Waals surface area contributed by atoms with Crippen LogP contribution in [-0.2, 0) is 4.74 Å². The molecule has 3 nitrogen and oxygen atoms in total. The van der Waals surface area contributed by atoms with E-state index in [0.29, 0.717) is 6.54 Å². The SMILES string of the molecule is COCCC(C)(C)CNCC(C)(O)C(C)C. The molecule has 0 aliphatic rings. The van der Waals surface area contributed by atoms with Gasteiger partial charge in [0.25, 0.3) is 0 Å². The number of ether oxygens (including phenoxy) is 1. The molecule has 0 aromatic rings. The number of hydrogen-bond donors (Lipinski definition) is 2. The summed E-state index contributed by atoms with van der Waals surface area (Å²) in [6.45, 7) is 12.7. The fourth-order valence-corrected chi connectivity index (χ4v) is 1.32. The van der Waals surface area contributed by atoms with Crippen molar-refractivity contribution in [2.45, 2.75) is 46.6 Å². The first-order chi connectivity index (χ1) is 7.21. The zero-order chi connectivity index (χ0) is 12.8. The van der Waals surface area contributed by atoms with Gasteiger partial charge in [0, 0.05) is 26.8 Å². The Balaban J connectivity index is 3.88. The van der Waals surface area contributed by atoms with Crippen LogP contribution in [0, 0.1) is 11.3 Å². The summed E-state index contributed by atoms with van der Waals surface area (Å²) in [5.74, 6) is 0.266. The second kappa shape index (κ2) is 6.58. The Morgan fingerprint density at radius 2 is 1.75 bits per heavy atom. The van der Waals surface area contributed by atoms with Crippen molar-refractivity contribution in [3.63, 3.8) is 0 Å². The molecule has 0 aromatic carbocycles. The van der Waals surface area contributed by atoms with Crippen LogP contribution in [0.15, 0.2) is 0 Å². The first-order valence-electron chi connectivity index (χ1n) is 6.13. The van der Waals surface area contributed by atoms with Crippen molar-refractivity contribution in [2.75, 3.05) is 26.8 Å². The molecule has 1 unspecified atom stereocenters. The van der Waals surface area contributed by atoms with E-state index >= 15 is 0 Å². The minimum absolute atomic E-state index is 0.211. The van der Waals surface area contributed by atoms with E-state index in [1.165, 1.54) is 0 Å². The van der Waals surface area contributed by atoms with Crippen molar-refractivity contribution in [3.05, 3.63) is 0 Å². The largest absolute Gasteiger partial charge is 0.389 e. The molecule has 0 aliphatic heterocycles. The second-order valence-electron chi connectivity index (χ2n) is 6.02. The van der Waals surface area contributed by atoms with Crippen LogP contribution in [-0.4, -0.2) is 37.5 Å². The maximum Gasteiger partial charge on any atom is 0.0766 e. The summed E-state index contributed by atoms with van der Waals surface area (Å²) in [6, 6.07) is 0. The van der Waals surface area contributed by atoms with Crippen molar-refractivity contribution in [3.8, 4) is 0 Å². The summed E-state index contributed by atoms with van der Waals surface area (Å²) in [7, 11) is 1.73. The van der Waals surface area contributed by atoms with Crippen LogP contribution in [0.3, 0.4) is 0 Å². The third-order valence-corrected chi connectivity index (χ3v) is 3.31. The molecule has 0 bridgehead atoms. The minimum atomic E-state index is -0.628. The van der Waals surface area contributed by atoms with Crippen LogP contribution >= 0.6 is 0 Å². The zero-order valence-electron chi connectivity index (χ0n) is 11.8. The lowest BCUT2D eigenvalue weighted by Crippen LogP contribution is -2.44. The Labute approximate surface area is 101 Å². The van der Waals surface area contributed by atoms with E-state index in [4.69, 9.17) is 4.74 Å². The van der Waals surface area contributed by atoms with Gasteiger partial charge in [0.15, 0.2) is 0 Å². The molecule has 0 saturated heterocycles. The molecule has 0 fully saturated rings. The first kappa shape index (κ1) is 15.9. The molecular formula is C13H29NO2. The number of hydrogen-bond acceptors (Lipinski definition) is 3. The van der Waals surface area contributed by atoms with E-state index in [9.17, 15) is 5.11 Å². The van der Waals surface area contributed by atoms with E-state index in [-0.39, 0.29) is 11.3 Å². The molecule has 3 heteroatoms. The van der Waals surface area contributed by atoms with E-state index in [0.717, 1.165) is 19.6 Å². The lowest BCUT2D eigenvalue weighted by molar-refractivity contribution is 0.0118. The summed E-state index contributed by atoms with van der Waals surface area (Å²) in [4.78, 5) is 0. The summed E-state index contributed by atoms with van der Waals surface area (Å²) in [5.41, 5.74) is -0.416. The summed E-state index contributed by atoms with van der Waals surface area (Å²) >= 11 is 0. The van der Waals surface area contributed by atoms with Gasteiger partial charge >= 0.3 is 0 Å². The second-order valence-corrected chi connectivity index (χ2v) is 6.02. The number of methoxy groups -OCH3 is 1. The van der Waals surface area contributed by atoms with Crippen LogP contribution in [0.1, 0.15) is 41.0 Å². The molecule has 0 radical (unpaired) electrons. The molecule has 2 N–H and O–H groups in total. The highest BCUT2D eigenvalue weighted by atomic mass is 16.5. The van der Waals surface area contributed by atoms with Gasteiger partial charge in [-0.1, -0.05) is 27.7 Å². The molecule has 0 rings (SSSR count). The topological polar surface area (TPSA) is 41.5 Å². The maximum absolute atomic E-state index is 10.1. The van der Waals surface area contributed by atoms with Crippen molar-refractivity contribution in [1.29, 1.82) is 0 Å². The lowest BCUT2D eigenvalue weighted by Gasteiger charge is -2.31. The Kier molecular flexibility index (Phi) is 6.53. The summed E-state index contributed by atoms with van der Waals surface area (Å²) in [5, 5.41) is 13.4.